The Bertz CT molecular complexity index is 436. The van der Waals surface area contributed by atoms with Gasteiger partial charge in [0.1, 0.15) is 0 Å². The van der Waals surface area contributed by atoms with Crippen LogP contribution in [-0.4, -0.2) is 13.2 Å². The molecule has 0 spiro atoms. The van der Waals surface area contributed by atoms with Crippen LogP contribution in [0.5, 0.6) is 0 Å². The van der Waals surface area contributed by atoms with Gasteiger partial charge in [-0.15, -0.1) is 0 Å². The van der Waals surface area contributed by atoms with Crippen LogP contribution >= 0.6 is 0 Å². The fourth-order valence-electron chi connectivity index (χ4n) is 3.35. The maximum atomic E-state index is 5.79. The average Bonchev–Trinajstić information content (AvgIpc) is 2.69. The van der Waals surface area contributed by atoms with Crippen LogP contribution in [0.25, 0.3) is 0 Å². The Kier molecular flexibility index (Phi) is 16.2. The highest BCUT2D eigenvalue weighted by atomic mass is 16.7. The number of nitrogens with zero attached hydrogens (tertiary/aromatic N) is 1. The Hall–Kier alpha value is -1.09. The first kappa shape index (κ1) is 23.9. The van der Waals surface area contributed by atoms with Crippen molar-refractivity contribution in [2.75, 3.05) is 13.2 Å². The summed E-state index contributed by atoms with van der Waals surface area (Å²) >= 11 is 0. The third-order valence-electron chi connectivity index (χ3n) is 5.05. The van der Waals surface area contributed by atoms with Crippen LogP contribution in [0, 0.1) is 0 Å². The van der Waals surface area contributed by atoms with E-state index in [1.54, 1.807) is 0 Å². The highest BCUT2D eigenvalue weighted by Crippen LogP contribution is 2.12. The maximum Gasteiger partial charge on any atom is 0.227 e. The summed E-state index contributed by atoms with van der Waals surface area (Å²) < 4.78 is 7.25. The molecule has 3 heteroatoms. The van der Waals surface area contributed by atoms with Gasteiger partial charge in [0.15, 0.2) is 6.61 Å². The Morgan fingerprint density at radius 3 is 1.85 bits per heavy atom. The number of hydrogen-bond acceptors (Lipinski definition) is 2. The summed E-state index contributed by atoms with van der Waals surface area (Å²) in [5.41, 5.74) is 1.15. The van der Waals surface area contributed by atoms with E-state index in [0.29, 0.717) is 6.61 Å². The molecule has 27 heavy (non-hydrogen) atoms. The highest BCUT2D eigenvalue weighted by molar-refractivity contribution is 5.03. The summed E-state index contributed by atoms with van der Waals surface area (Å²) in [5, 5.41) is 0. The van der Waals surface area contributed by atoms with Crippen LogP contribution in [0.3, 0.4) is 0 Å². The molecule has 1 aromatic heterocycles. The highest BCUT2D eigenvalue weighted by Gasteiger charge is 2.04. The van der Waals surface area contributed by atoms with Gasteiger partial charge >= 0.3 is 0 Å². The van der Waals surface area contributed by atoms with E-state index in [2.05, 4.69) is 13.0 Å². The second-order valence-electron chi connectivity index (χ2n) is 7.64. The van der Waals surface area contributed by atoms with Gasteiger partial charge in [0, 0.05) is 23.0 Å². The summed E-state index contributed by atoms with van der Waals surface area (Å²) in [6, 6.07) is 4.08. The van der Waals surface area contributed by atoms with E-state index in [-0.39, 0.29) is 0 Å². The number of unbranched alkanes of at least 4 members (excludes halogenated alkanes) is 13. The van der Waals surface area contributed by atoms with Gasteiger partial charge in [-0.3, -0.25) is 4.84 Å². The van der Waals surface area contributed by atoms with Crippen molar-refractivity contribution in [2.24, 2.45) is 0 Å². The number of ether oxygens (including phenoxy) is 1. The Morgan fingerprint density at radius 2 is 1.30 bits per heavy atom. The van der Waals surface area contributed by atoms with Gasteiger partial charge in [-0.25, -0.2) is 0 Å². The van der Waals surface area contributed by atoms with Gasteiger partial charge in [0.05, 0.1) is 6.61 Å². The molecule has 1 heterocycles. The molecular formula is C24H44NO2+. The second kappa shape index (κ2) is 18.3. The molecule has 156 valence electrons. The van der Waals surface area contributed by atoms with Crippen molar-refractivity contribution >= 4 is 0 Å². The average molecular weight is 379 g/mol. The van der Waals surface area contributed by atoms with Crippen LogP contribution in [0.1, 0.15) is 109 Å². The van der Waals surface area contributed by atoms with Gasteiger partial charge in [-0.05, 0) is 25.8 Å². The standard InChI is InChI=1S/C24H44NO2/c1-3-5-6-7-8-9-10-11-12-13-14-15-16-17-21-27-25-20-18-19-24(22-25)23-26-4-2/h18-20,22H,3-17,21,23H2,1-2H3/q+1. The lowest BCUT2D eigenvalue weighted by molar-refractivity contribution is -0.891. The first-order valence-electron chi connectivity index (χ1n) is 11.6. The van der Waals surface area contributed by atoms with Crippen LogP contribution in [0.15, 0.2) is 24.5 Å². The second-order valence-corrected chi connectivity index (χ2v) is 7.64. The summed E-state index contributed by atoms with van der Waals surface area (Å²) in [4.78, 5) is 5.79. The molecule has 0 saturated carbocycles. The third kappa shape index (κ3) is 14.6. The van der Waals surface area contributed by atoms with E-state index in [1.807, 2.05) is 30.1 Å². The van der Waals surface area contributed by atoms with E-state index in [1.165, 1.54) is 83.5 Å². The maximum absolute atomic E-state index is 5.79. The minimum atomic E-state index is 0.652. The van der Waals surface area contributed by atoms with Crippen molar-refractivity contribution in [3.05, 3.63) is 30.1 Å². The zero-order valence-electron chi connectivity index (χ0n) is 18.1. The van der Waals surface area contributed by atoms with Gasteiger partial charge in [-0.1, -0.05) is 84.0 Å². The van der Waals surface area contributed by atoms with Crippen LogP contribution < -0.4 is 9.57 Å². The van der Waals surface area contributed by atoms with E-state index >= 15 is 0 Å². The Balaban J connectivity index is 1.85. The molecule has 0 bridgehead atoms. The first-order chi connectivity index (χ1) is 13.4. The smallest absolute Gasteiger partial charge is 0.227 e. The molecule has 0 radical (unpaired) electrons. The van der Waals surface area contributed by atoms with Crippen molar-refractivity contribution in [1.82, 2.24) is 0 Å². The van der Waals surface area contributed by atoms with Crippen molar-refractivity contribution in [3.63, 3.8) is 0 Å². The van der Waals surface area contributed by atoms with Crippen molar-refractivity contribution in [3.8, 4) is 0 Å². The van der Waals surface area contributed by atoms with Crippen LogP contribution in [0.4, 0.5) is 0 Å². The summed E-state index contributed by atoms with van der Waals surface area (Å²) in [7, 11) is 0. The van der Waals surface area contributed by atoms with Gasteiger partial charge in [0.25, 0.3) is 0 Å². The van der Waals surface area contributed by atoms with E-state index in [0.717, 1.165) is 25.2 Å². The predicted molar refractivity (Wildman–Crippen MR) is 114 cm³/mol. The summed E-state index contributed by atoms with van der Waals surface area (Å²) in [6.07, 6.45) is 23.4. The number of hydrogen-bond donors (Lipinski definition) is 0. The molecule has 1 aromatic rings. The molecular weight excluding hydrogens is 334 g/mol. The number of aromatic nitrogens is 1. The monoisotopic (exact) mass is 378 g/mol. The third-order valence-corrected chi connectivity index (χ3v) is 5.05. The largest absolute Gasteiger partial charge is 0.377 e. The molecule has 0 aliphatic heterocycles. The van der Waals surface area contributed by atoms with Gasteiger partial charge in [-0.2, -0.15) is 0 Å². The van der Waals surface area contributed by atoms with E-state index in [4.69, 9.17) is 9.57 Å². The minimum absolute atomic E-state index is 0.652. The quantitative estimate of drug-likeness (QED) is 0.205. The fourth-order valence-corrected chi connectivity index (χ4v) is 3.35. The Morgan fingerprint density at radius 1 is 0.741 bits per heavy atom. The number of rotatable bonds is 19. The van der Waals surface area contributed by atoms with Crippen LogP contribution in [0.2, 0.25) is 0 Å². The summed E-state index contributed by atoms with van der Waals surface area (Å²) in [5.74, 6) is 0. The topological polar surface area (TPSA) is 22.3 Å². The SMILES string of the molecule is CCCCCCCCCCCCCCCCO[n+]1cccc(COCC)c1. The predicted octanol–water partition coefficient (Wildman–Crippen LogP) is 6.42. The molecule has 0 atom stereocenters. The Labute approximate surface area is 168 Å². The van der Waals surface area contributed by atoms with Gasteiger partial charge < -0.3 is 4.74 Å². The molecule has 1 rings (SSSR count). The lowest BCUT2D eigenvalue weighted by Gasteiger charge is -2.03. The molecule has 0 aliphatic carbocycles. The molecule has 0 amide bonds. The molecule has 0 aliphatic rings. The van der Waals surface area contributed by atoms with Crippen molar-refractivity contribution in [2.45, 2.75) is 110 Å². The van der Waals surface area contributed by atoms with E-state index in [9.17, 15) is 0 Å². The molecule has 0 saturated heterocycles. The van der Waals surface area contributed by atoms with Crippen LogP contribution in [-0.2, 0) is 11.3 Å². The zero-order valence-corrected chi connectivity index (χ0v) is 18.1. The fraction of sp³-hybridized carbons (Fsp3) is 0.792. The molecule has 3 nitrogen and oxygen atoms in total. The van der Waals surface area contributed by atoms with E-state index < -0.39 is 0 Å². The van der Waals surface area contributed by atoms with Crippen molar-refractivity contribution in [1.29, 1.82) is 0 Å². The molecule has 0 unspecified atom stereocenters. The molecule has 0 N–H and O–H groups in total. The summed E-state index contributed by atoms with van der Waals surface area (Å²) in [6.45, 7) is 6.49. The minimum Gasteiger partial charge on any atom is -0.377 e. The van der Waals surface area contributed by atoms with Gasteiger partial charge in [0.2, 0.25) is 12.4 Å². The van der Waals surface area contributed by atoms with Crippen molar-refractivity contribution < 1.29 is 14.3 Å². The lowest BCUT2D eigenvalue weighted by Crippen LogP contribution is -2.42. The number of pyridine rings is 1. The first-order valence-corrected chi connectivity index (χ1v) is 11.6. The lowest BCUT2D eigenvalue weighted by atomic mass is 10.0. The normalized spacial score (nSPS) is 11.0. The molecule has 0 aromatic carbocycles. The zero-order chi connectivity index (χ0) is 19.4. The molecule has 0 fully saturated rings.